The Hall–Kier alpha value is -3.17. The van der Waals surface area contributed by atoms with Crippen LogP contribution in [0.3, 0.4) is 0 Å². The summed E-state index contributed by atoms with van der Waals surface area (Å²) < 4.78 is 36.4. The molecule has 0 unspecified atom stereocenters. The number of hydrogen-bond acceptors (Lipinski definition) is 7. The first-order valence-electron chi connectivity index (χ1n) is 9.71. The molecule has 3 aromatic rings. The number of methoxy groups -OCH3 is 2. The molecule has 1 heterocycles. The molecule has 3 rings (SSSR count). The van der Waals surface area contributed by atoms with Crippen molar-refractivity contribution in [3.63, 3.8) is 0 Å². The highest BCUT2D eigenvalue weighted by Gasteiger charge is 2.17. The van der Waals surface area contributed by atoms with Gasteiger partial charge in [-0.1, -0.05) is 18.2 Å². The lowest BCUT2D eigenvalue weighted by Gasteiger charge is -2.23. The molecule has 0 spiro atoms. The van der Waals surface area contributed by atoms with Gasteiger partial charge in [0.2, 0.25) is 10.0 Å². The highest BCUT2D eigenvalue weighted by Crippen LogP contribution is 2.30. The summed E-state index contributed by atoms with van der Waals surface area (Å²) in [4.78, 5) is 8.64. The van der Waals surface area contributed by atoms with Crippen molar-refractivity contribution in [1.29, 1.82) is 0 Å². The van der Waals surface area contributed by atoms with Gasteiger partial charge in [-0.2, -0.15) is 0 Å². The fourth-order valence-electron chi connectivity index (χ4n) is 3.15. The molecule has 31 heavy (non-hydrogen) atoms. The van der Waals surface area contributed by atoms with Crippen LogP contribution in [0.15, 0.2) is 60.9 Å². The predicted molar refractivity (Wildman–Crippen MR) is 122 cm³/mol. The molecule has 8 nitrogen and oxygen atoms in total. The Labute approximate surface area is 182 Å². The number of para-hydroxylation sites is 1. The van der Waals surface area contributed by atoms with E-state index in [1.165, 1.54) is 16.9 Å². The van der Waals surface area contributed by atoms with Crippen LogP contribution < -0.4 is 14.4 Å². The number of hydrogen-bond donors (Lipinski definition) is 1. The van der Waals surface area contributed by atoms with Crippen LogP contribution in [0.5, 0.6) is 5.75 Å². The lowest BCUT2D eigenvalue weighted by atomic mass is 10.1. The minimum absolute atomic E-state index is 0.335. The highest BCUT2D eigenvalue weighted by molar-refractivity contribution is 7.92. The first-order valence-corrected chi connectivity index (χ1v) is 11.6. The molecule has 0 saturated heterocycles. The zero-order chi connectivity index (χ0) is 22.3. The molecule has 1 aromatic heterocycles. The summed E-state index contributed by atoms with van der Waals surface area (Å²) in [5.41, 5.74) is 2.85. The standard InChI is InChI=1S/C22H26N4O4S/c1-29-13-7-12-26(31(3,27)28)18-9-6-8-17(14-18)25-22-15-20(23-16-24-22)19-10-4-5-11-21(19)30-2/h4-6,8-11,14-16H,7,12-13H2,1-3H3,(H,23,24,25). The molecule has 2 aromatic carbocycles. The smallest absolute Gasteiger partial charge is 0.232 e. The van der Waals surface area contributed by atoms with Gasteiger partial charge >= 0.3 is 0 Å². The van der Waals surface area contributed by atoms with E-state index in [0.29, 0.717) is 48.2 Å². The molecule has 0 radical (unpaired) electrons. The number of aromatic nitrogens is 2. The third kappa shape index (κ3) is 5.93. The van der Waals surface area contributed by atoms with E-state index in [9.17, 15) is 8.42 Å². The van der Waals surface area contributed by atoms with Gasteiger partial charge in [0.25, 0.3) is 0 Å². The van der Waals surface area contributed by atoms with Gasteiger partial charge in [-0.3, -0.25) is 4.31 Å². The van der Waals surface area contributed by atoms with E-state index in [-0.39, 0.29) is 0 Å². The van der Waals surface area contributed by atoms with Crippen LogP contribution in [-0.2, 0) is 14.8 Å². The summed E-state index contributed by atoms with van der Waals surface area (Å²) in [6.45, 7) is 0.818. The van der Waals surface area contributed by atoms with E-state index in [1.807, 2.05) is 36.4 Å². The number of nitrogens with zero attached hydrogens (tertiary/aromatic N) is 3. The third-order valence-electron chi connectivity index (χ3n) is 4.57. The molecule has 0 saturated carbocycles. The molecule has 0 aliphatic heterocycles. The summed E-state index contributed by atoms with van der Waals surface area (Å²) in [6.07, 6.45) is 3.26. The number of sulfonamides is 1. The van der Waals surface area contributed by atoms with Crippen LogP contribution in [0.25, 0.3) is 11.3 Å². The zero-order valence-electron chi connectivity index (χ0n) is 17.8. The van der Waals surface area contributed by atoms with Crippen LogP contribution in [0.1, 0.15) is 6.42 Å². The van der Waals surface area contributed by atoms with Crippen LogP contribution in [-0.4, -0.2) is 52.0 Å². The average molecular weight is 443 g/mol. The Balaban J connectivity index is 1.85. The Kier molecular flexibility index (Phi) is 7.43. The summed E-state index contributed by atoms with van der Waals surface area (Å²) in [5, 5.41) is 3.23. The van der Waals surface area contributed by atoms with Gasteiger partial charge in [0.1, 0.15) is 17.9 Å². The second-order valence-corrected chi connectivity index (χ2v) is 8.75. The molecular weight excluding hydrogens is 416 g/mol. The second kappa shape index (κ2) is 10.2. The second-order valence-electron chi connectivity index (χ2n) is 6.85. The summed E-state index contributed by atoms with van der Waals surface area (Å²) in [6, 6.07) is 16.6. The first-order chi connectivity index (χ1) is 14.9. The molecule has 0 aliphatic carbocycles. The van der Waals surface area contributed by atoms with Crippen LogP contribution in [0, 0.1) is 0 Å². The van der Waals surface area contributed by atoms with E-state index < -0.39 is 10.0 Å². The minimum atomic E-state index is -3.43. The Morgan fingerprint density at radius 2 is 1.84 bits per heavy atom. The van der Waals surface area contributed by atoms with E-state index in [4.69, 9.17) is 9.47 Å². The maximum absolute atomic E-state index is 12.3. The Morgan fingerprint density at radius 1 is 1.03 bits per heavy atom. The summed E-state index contributed by atoms with van der Waals surface area (Å²) in [5.74, 6) is 1.30. The minimum Gasteiger partial charge on any atom is -0.496 e. The molecule has 9 heteroatoms. The quantitative estimate of drug-likeness (QED) is 0.479. The van der Waals surface area contributed by atoms with Crippen LogP contribution in [0.2, 0.25) is 0 Å². The van der Waals surface area contributed by atoms with Gasteiger partial charge < -0.3 is 14.8 Å². The van der Waals surface area contributed by atoms with E-state index in [2.05, 4.69) is 15.3 Å². The molecule has 0 bridgehead atoms. The zero-order valence-corrected chi connectivity index (χ0v) is 18.6. The number of nitrogens with one attached hydrogen (secondary N) is 1. The number of benzene rings is 2. The van der Waals surface area contributed by atoms with Crippen LogP contribution in [0.4, 0.5) is 17.2 Å². The SMILES string of the molecule is COCCCN(c1cccc(Nc2cc(-c3ccccc3OC)ncn2)c1)S(C)(=O)=O. The Morgan fingerprint density at radius 3 is 2.58 bits per heavy atom. The first kappa shape index (κ1) is 22.5. The third-order valence-corrected chi connectivity index (χ3v) is 5.76. The van der Waals surface area contributed by atoms with Crippen molar-refractivity contribution >= 4 is 27.2 Å². The van der Waals surface area contributed by atoms with Crippen molar-refractivity contribution in [1.82, 2.24) is 9.97 Å². The van der Waals surface area contributed by atoms with Gasteiger partial charge in [0, 0.05) is 37.6 Å². The Bertz CT molecular complexity index is 1120. The van der Waals surface area contributed by atoms with Gasteiger partial charge in [-0.25, -0.2) is 18.4 Å². The molecule has 0 amide bonds. The summed E-state index contributed by atoms with van der Waals surface area (Å²) in [7, 11) is -0.218. The van der Waals surface area contributed by atoms with Crippen molar-refractivity contribution in [2.45, 2.75) is 6.42 Å². The molecule has 164 valence electrons. The fourth-order valence-corrected chi connectivity index (χ4v) is 4.11. The largest absolute Gasteiger partial charge is 0.496 e. The van der Waals surface area contributed by atoms with E-state index in [1.54, 1.807) is 32.4 Å². The van der Waals surface area contributed by atoms with Gasteiger partial charge in [0.05, 0.1) is 24.7 Å². The number of ether oxygens (including phenoxy) is 2. The van der Waals surface area contributed by atoms with Crippen molar-refractivity contribution in [3.8, 4) is 17.0 Å². The molecule has 1 N–H and O–H groups in total. The topological polar surface area (TPSA) is 93.7 Å². The van der Waals surface area contributed by atoms with Crippen molar-refractivity contribution in [3.05, 3.63) is 60.9 Å². The molecule has 0 atom stereocenters. The van der Waals surface area contributed by atoms with Crippen molar-refractivity contribution in [2.75, 3.05) is 43.2 Å². The normalized spacial score (nSPS) is 11.2. The lowest BCUT2D eigenvalue weighted by molar-refractivity contribution is 0.197. The van der Waals surface area contributed by atoms with Crippen molar-refractivity contribution < 1.29 is 17.9 Å². The fraction of sp³-hybridized carbons (Fsp3) is 0.273. The monoisotopic (exact) mass is 442 g/mol. The molecule has 0 fully saturated rings. The molecule has 0 aliphatic rings. The molecular formula is C22H26N4O4S. The van der Waals surface area contributed by atoms with Crippen molar-refractivity contribution in [2.24, 2.45) is 0 Å². The van der Waals surface area contributed by atoms with E-state index >= 15 is 0 Å². The number of rotatable bonds is 10. The maximum Gasteiger partial charge on any atom is 0.232 e. The highest BCUT2D eigenvalue weighted by atomic mass is 32.2. The van der Waals surface area contributed by atoms with Gasteiger partial charge in [0.15, 0.2) is 0 Å². The predicted octanol–water partition coefficient (Wildman–Crippen LogP) is 3.70. The maximum atomic E-state index is 12.3. The lowest BCUT2D eigenvalue weighted by Crippen LogP contribution is -2.31. The number of anilines is 3. The van der Waals surface area contributed by atoms with Gasteiger partial charge in [-0.05, 0) is 36.8 Å². The van der Waals surface area contributed by atoms with E-state index in [0.717, 1.165) is 5.56 Å². The van der Waals surface area contributed by atoms with Crippen LogP contribution >= 0.6 is 0 Å². The summed E-state index contributed by atoms with van der Waals surface area (Å²) >= 11 is 0. The van der Waals surface area contributed by atoms with Gasteiger partial charge in [-0.15, -0.1) is 0 Å². The average Bonchev–Trinajstić information content (AvgIpc) is 2.76.